The molecular formula is C19H25N7O2. The lowest BCUT2D eigenvalue weighted by atomic mass is 9.76. The molecule has 9 nitrogen and oxygen atoms in total. The zero-order valence-corrected chi connectivity index (χ0v) is 15.9. The van der Waals surface area contributed by atoms with Gasteiger partial charge < -0.3 is 20.5 Å². The van der Waals surface area contributed by atoms with E-state index in [1.54, 1.807) is 15.8 Å². The number of rotatable bonds is 5. The molecule has 3 heterocycles. The first-order valence-electron chi connectivity index (χ1n) is 10.0. The van der Waals surface area contributed by atoms with Crippen LogP contribution in [-0.2, 0) is 16.1 Å². The third-order valence-corrected chi connectivity index (χ3v) is 6.47. The van der Waals surface area contributed by atoms with E-state index in [0.717, 1.165) is 25.3 Å². The maximum atomic E-state index is 13.1. The molecule has 0 aromatic carbocycles. The molecule has 3 N–H and O–H groups in total. The Bertz CT molecular complexity index is 936. The van der Waals surface area contributed by atoms with Crippen molar-refractivity contribution in [3.63, 3.8) is 0 Å². The number of piperidine rings is 1. The number of nitrogen functional groups attached to an aromatic ring is 1. The molecule has 2 aliphatic carbocycles. The minimum atomic E-state index is -0.358. The molecule has 148 valence electrons. The number of fused-ring (bicyclic) bond motifs is 2. The average Bonchev–Trinajstić information content (AvgIpc) is 3.11. The van der Waals surface area contributed by atoms with E-state index in [4.69, 9.17) is 5.73 Å². The number of imidazole rings is 1. The van der Waals surface area contributed by atoms with Crippen LogP contribution in [0.2, 0.25) is 0 Å². The van der Waals surface area contributed by atoms with E-state index in [9.17, 15) is 9.59 Å². The van der Waals surface area contributed by atoms with Crippen molar-refractivity contribution in [2.75, 3.05) is 12.3 Å². The normalized spacial score (nSPS) is 30.8. The molecule has 3 aliphatic rings. The van der Waals surface area contributed by atoms with Crippen LogP contribution in [-0.4, -0.2) is 54.9 Å². The minimum absolute atomic E-state index is 0.0119. The molecule has 2 aromatic rings. The van der Waals surface area contributed by atoms with Gasteiger partial charge in [0.1, 0.15) is 24.4 Å². The van der Waals surface area contributed by atoms with Gasteiger partial charge in [0, 0.05) is 12.6 Å². The maximum absolute atomic E-state index is 13.1. The predicted molar refractivity (Wildman–Crippen MR) is 102 cm³/mol. The highest BCUT2D eigenvalue weighted by molar-refractivity contribution is 5.90. The third-order valence-electron chi connectivity index (χ3n) is 6.47. The Balaban J connectivity index is 1.27. The Labute approximate surface area is 162 Å². The number of hydrogen-bond acceptors (Lipinski definition) is 6. The Morgan fingerprint density at radius 1 is 1.21 bits per heavy atom. The fraction of sp³-hybridized carbons (Fsp3) is 0.632. The summed E-state index contributed by atoms with van der Waals surface area (Å²) in [5, 5.41) is 3.08. The quantitative estimate of drug-likeness (QED) is 0.779. The zero-order chi connectivity index (χ0) is 19.4. The summed E-state index contributed by atoms with van der Waals surface area (Å²) in [6, 6.07) is -0.162. The first-order chi connectivity index (χ1) is 13.5. The molecule has 1 unspecified atom stereocenters. The molecule has 28 heavy (non-hydrogen) atoms. The monoisotopic (exact) mass is 383 g/mol. The minimum Gasteiger partial charge on any atom is -0.382 e. The van der Waals surface area contributed by atoms with E-state index in [0.29, 0.717) is 28.8 Å². The summed E-state index contributed by atoms with van der Waals surface area (Å²) in [6.45, 7) is 3.06. The fourth-order valence-electron chi connectivity index (χ4n) is 4.89. The van der Waals surface area contributed by atoms with E-state index in [-0.39, 0.29) is 30.4 Å². The summed E-state index contributed by atoms with van der Waals surface area (Å²) in [7, 11) is 0. The second-order valence-corrected chi connectivity index (χ2v) is 8.61. The summed E-state index contributed by atoms with van der Waals surface area (Å²) in [6.07, 6.45) is 7.04. The lowest BCUT2D eigenvalue weighted by Gasteiger charge is -2.33. The highest BCUT2D eigenvalue weighted by Gasteiger charge is 2.55. The van der Waals surface area contributed by atoms with Gasteiger partial charge in [-0.05, 0) is 43.4 Å². The summed E-state index contributed by atoms with van der Waals surface area (Å²) in [5.41, 5.74) is 6.85. The molecule has 1 aliphatic heterocycles. The molecule has 0 bridgehead atoms. The van der Waals surface area contributed by atoms with Crippen LogP contribution in [0.1, 0.15) is 32.6 Å². The number of hydrogen-bond donors (Lipinski definition) is 2. The lowest BCUT2D eigenvalue weighted by Crippen LogP contribution is -2.50. The number of amides is 2. The summed E-state index contributed by atoms with van der Waals surface area (Å²) in [4.78, 5) is 39.9. The van der Waals surface area contributed by atoms with Gasteiger partial charge in [0.05, 0.1) is 6.33 Å². The van der Waals surface area contributed by atoms with Crippen LogP contribution < -0.4 is 11.1 Å². The van der Waals surface area contributed by atoms with Gasteiger partial charge in [0.2, 0.25) is 11.8 Å². The fourth-order valence-corrected chi connectivity index (χ4v) is 4.89. The second-order valence-electron chi connectivity index (χ2n) is 8.61. The molecule has 5 rings (SSSR count). The lowest BCUT2D eigenvalue weighted by molar-refractivity contribution is -0.140. The number of carbonyl (C=O) groups is 2. The average molecular weight is 383 g/mol. The van der Waals surface area contributed by atoms with Crippen LogP contribution in [0.4, 0.5) is 5.82 Å². The Morgan fingerprint density at radius 2 is 2.04 bits per heavy atom. The van der Waals surface area contributed by atoms with Crippen LogP contribution in [0.15, 0.2) is 12.7 Å². The Morgan fingerprint density at radius 3 is 2.82 bits per heavy atom. The number of carbonyl (C=O) groups excluding carboxylic acids is 2. The van der Waals surface area contributed by atoms with Gasteiger partial charge in [-0.25, -0.2) is 15.0 Å². The first kappa shape index (κ1) is 17.4. The van der Waals surface area contributed by atoms with Crippen LogP contribution in [0, 0.1) is 17.8 Å². The number of anilines is 1. The van der Waals surface area contributed by atoms with Crippen molar-refractivity contribution in [2.24, 2.45) is 17.8 Å². The third kappa shape index (κ3) is 2.89. The van der Waals surface area contributed by atoms with Gasteiger partial charge in [-0.3, -0.25) is 9.59 Å². The van der Waals surface area contributed by atoms with E-state index in [2.05, 4.69) is 27.2 Å². The van der Waals surface area contributed by atoms with E-state index >= 15 is 0 Å². The molecule has 0 radical (unpaired) electrons. The maximum Gasteiger partial charge on any atom is 0.243 e. The van der Waals surface area contributed by atoms with E-state index in [1.807, 2.05) is 0 Å². The van der Waals surface area contributed by atoms with Gasteiger partial charge in [0.15, 0.2) is 11.5 Å². The molecule has 2 aromatic heterocycles. The smallest absolute Gasteiger partial charge is 0.243 e. The van der Waals surface area contributed by atoms with E-state index in [1.165, 1.54) is 19.2 Å². The highest BCUT2D eigenvalue weighted by atomic mass is 16.2. The highest BCUT2D eigenvalue weighted by Crippen LogP contribution is 2.48. The van der Waals surface area contributed by atoms with Crippen LogP contribution in [0.25, 0.3) is 11.2 Å². The van der Waals surface area contributed by atoms with Crippen LogP contribution in [0.5, 0.6) is 0 Å². The molecule has 1 saturated heterocycles. The molecular weight excluding hydrogens is 358 g/mol. The number of nitrogens with zero attached hydrogens (tertiary/aromatic N) is 5. The van der Waals surface area contributed by atoms with Crippen molar-refractivity contribution in [3.05, 3.63) is 12.7 Å². The molecule has 2 amide bonds. The molecule has 3 atom stereocenters. The van der Waals surface area contributed by atoms with Crippen molar-refractivity contribution in [2.45, 2.75) is 51.2 Å². The standard InChI is InChI=1S/C19H25N7O2/c1-10-2-11(3-10)6-21-19(28)14-5-12-4-13(12)26(14)15(27)7-25-9-24-16-17(20)22-8-23-18(16)25/h8-14H,2-7H2,1H3,(H,21,28)(H2,20,22,23)/t10?,11?,12?,13-,14+/m1/s1. The van der Waals surface area contributed by atoms with E-state index < -0.39 is 0 Å². The number of nitrogens with two attached hydrogens (primary N) is 1. The molecule has 0 spiro atoms. The number of nitrogens with one attached hydrogen (secondary N) is 1. The first-order valence-corrected chi connectivity index (χ1v) is 10.0. The van der Waals surface area contributed by atoms with Crippen molar-refractivity contribution < 1.29 is 9.59 Å². The van der Waals surface area contributed by atoms with Gasteiger partial charge in [-0.2, -0.15) is 0 Å². The molecule has 3 fully saturated rings. The number of aromatic nitrogens is 4. The molecule has 9 heteroatoms. The topological polar surface area (TPSA) is 119 Å². The van der Waals surface area contributed by atoms with Crippen LogP contribution in [0.3, 0.4) is 0 Å². The van der Waals surface area contributed by atoms with Gasteiger partial charge in [-0.15, -0.1) is 0 Å². The molecule has 2 saturated carbocycles. The van der Waals surface area contributed by atoms with Crippen molar-refractivity contribution >= 4 is 28.8 Å². The Kier molecular flexibility index (Phi) is 3.99. The van der Waals surface area contributed by atoms with Gasteiger partial charge >= 0.3 is 0 Å². The van der Waals surface area contributed by atoms with Crippen molar-refractivity contribution in [3.8, 4) is 0 Å². The van der Waals surface area contributed by atoms with Crippen molar-refractivity contribution in [1.82, 2.24) is 29.7 Å². The summed E-state index contributed by atoms with van der Waals surface area (Å²) >= 11 is 0. The predicted octanol–water partition coefficient (Wildman–Crippen LogP) is 0.560. The summed E-state index contributed by atoms with van der Waals surface area (Å²) < 4.78 is 1.68. The SMILES string of the molecule is CC1CC(CNC(=O)[C@@H]2CC3C[C@H]3N2C(=O)Cn2cnc3c(N)ncnc32)C1. The number of likely N-dealkylation sites (tertiary alicyclic amines) is 1. The van der Waals surface area contributed by atoms with Gasteiger partial charge in [0.25, 0.3) is 0 Å². The van der Waals surface area contributed by atoms with Gasteiger partial charge in [-0.1, -0.05) is 6.92 Å². The van der Waals surface area contributed by atoms with Crippen molar-refractivity contribution in [1.29, 1.82) is 0 Å². The largest absolute Gasteiger partial charge is 0.382 e. The second kappa shape index (κ2) is 6.42. The Hall–Kier alpha value is -2.71. The summed E-state index contributed by atoms with van der Waals surface area (Å²) in [5.74, 6) is 2.02. The zero-order valence-electron chi connectivity index (χ0n) is 15.9. The van der Waals surface area contributed by atoms with Crippen LogP contribution >= 0.6 is 0 Å².